The van der Waals surface area contributed by atoms with Gasteiger partial charge < -0.3 is 20.3 Å². The molecule has 2 aromatic carbocycles. The van der Waals surface area contributed by atoms with E-state index in [0.717, 1.165) is 11.1 Å². The van der Waals surface area contributed by atoms with Crippen LogP contribution in [0.2, 0.25) is 0 Å². The number of piperidine rings is 1. The maximum absolute atomic E-state index is 12.3. The summed E-state index contributed by atoms with van der Waals surface area (Å²) in [6.45, 7) is -0.966. The normalized spacial score (nSPS) is 14.8. The van der Waals surface area contributed by atoms with E-state index in [1.807, 2.05) is 12.1 Å². The number of rotatable bonds is 8. The highest BCUT2D eigenvalue weighted by Crippen LogP contribution is 2.27. The molecule has 34 heavy (non-hydrogen) atoms. The van der Waals surface area contributed by atoms with Gasteiger partial charge in [-0.3, -0.25) is 9.69 Å². The first-order valence-electron chi connectivity index (χ1n) is 10.8. The Balaban J connectivity index is 1.35. The summed E-state index contributed by atoms with van der Waals surface area (Å²) >= 11 is 0. The molecular formula is C24H24F2N4O4. The number of nitrogens with zero attached hydrogens (tertiary/aromatic N) is 3. The molecule has 10 heteroatoms. The number of alkyl halides is 2. The van der Waals surface area contributed by atoms with Crippen molar-refractivity contribution < 1.29 is 28.5 Å². The number of ether oxygens (including phenoxy) is 1. The zero-order valence-electron chi connectivity index (χ0n) is 18.2. The minimum absolute atomic E-state index is 0.0750. The molecule has 3 aromatic rings. The number of benzene rings is 2. The number of phenolic OH excluding ortho intramolecular Hbond substituents is 1. The van der Waals surface area contributed by atoms with E-state index in [4.69, 9.17) is 5.11 Å². The zero-order chi connectivity index (χ0) is 24.1. The first kappa shape index (κ1) is 23.4. The molecular weight excluding hydrogens is 446 g/mol. The summed E-state index contributed by atoms with van der Waals surface area (Å²) in [7, 11) is 0. The Hall–Kier alpha value is -3.79. The van der Waals surface area contributed by atoms with Crippen LogP contribution in [0, 0.1) is 5.92 Å². The van der Waals surface area contributed by atoms with Crippen molar-refractivity contribution in [3.63, 3.8) is 0 Å². The van der Waals surface area contributed by atoms with E-state index >= 15 is 0 Å². The predicted molar refractivity (Wildman–Crippen MR) is 121 cm³/mol. The van der Waals surface area contributed by atoms with Gasteiger partial charge in [-0.15, -0.1) is 0 Å². The second-order valence-corrected chi connectivity index (χ2v) is 8.06. The van der Waals surface area contributed by atoms with Crippen molar-refractivity contribution in [3.8, 4) is 22.6 Å². The molecule has 1 saturated heterocycles. The molecule has 178 valence electrons. The van der Waals surface area contributed by atoms with Crippen LogP contribution in [0.15, 0.2) is 54.9 Å². The maximum atomic E-state index is 12.3. The molecule has 0 atom stereocenters. The van der Waals surface area contributed by atoms with E-state index in [2.05, 4.69) is 24.9 Å². The zero-order valence-corrected chi connectivity index (χ0v) is 18.2. The Morgan fingerprint density at radius 2 is 1.76 bits per heavy atom. The number of carbonyl (C=O) groups is 1. The minimum atomic E-state index is -2.87. The topological polar surface area (TPSA) is 108 Å². The summed E-state index contributed by atoms with van der Waals surface area (Å²) in [5, 5.41) is 22.6. The number of likely N-dealkylation sites (tertiary alicyclic amines) is 1. The molecule has 0 saturated carbocycles. The summed E-state index contributed by atoms with van der Waals surface area (Å²) in [6.07, 6.45) is 4.42. The van der Waals surface area contributed by atoms with E-state index in [1.165, 1.54) is 12.1 Å². The molecule has 1 aliphatic rings. The standard InChI is InChI=1S/C24H24F2N4O4/c25-23(26)34-20-5-2-15(3-6-20)18-12-27-24(28-13-18)29-19-4-1-17(21(31)11-19)14-30-9-7-16(8-10-30)22(32)33/h1-6,11-13,16,23,31H,7-10,14H2,(H,32,33)(H,27,28,29). The van der Waals surface area contributed by atoms with E-state index < -0.39 is 12.6 Å². The fourth-order valence-electron chi connectivity index (χ4n) is 3.85. The Morgan fingerprint density at radius 1 is 1.09 bits per heavy atom. The Labute approximate surface area is 194 Å². The van der Waals surface area contributed by atoms with Crippen LogP contribution in [-0.2, 0) is 11.3 Å². The highest BCUT2D eigenvalue weighted by atomic mass is 19.3. The van der Waals surface area contributed by atoms with Crippen molar-refractivity contribution in [2.75, 3.05) is 18.4 Å². The number of aromatic nitrogens is 2. The van der Waals surface area contributed by atoms with Crippen LogP contribution in [0.1, 0.15) is 18.4 Å². The van der Waals surface area contributed by atoms with E-state index in [1.54, 1.807) is 30.6 Å². The number of carboxylic acid groups (broad SMARTS) is 1. The van der Waals surface area contributed by atoms with Crippen molar-refractivity contribution in [2.24, 2.45) is 5.92 Å². The number of anilines is 2. The number of aliphatic carboxylic acids is 1. The summed E-state index contributed by atoms with van der Waals surface area (Å²) in [6, 6.07) is 11.4. The molecule has 4 rings (SSSR count). The Bertz CT molecular complexity index is 1120. The minimum Gasteiger partial charge on any atom is -0.508 e. The van der Waals surface area contributed by atoms with Gasteiger partial charge in [0.25, 0.3) is 0 Å². The summed E-state index contributed by atoms with van der Waals surface area (Å²) in [5.41, 5.74) is 2.84. The van der Waals surface area contributed by atoms with Crippen LogP contribution in [0.5, 0.6) is 11.5 Å². The number of nitrogens with one attached hydrogen (secondary N) is 1. The quantitative estimate of drug-likeness (QED) is 0.442. The largest absolute Gasteiger partial charge is 0.508 e. The lowest BCUT2D eigenvalue weighted by Crippen LogP contribution is -2.35. The van der Waals surface area contributed by atoms with Crippen LogP contribution in [0.4, 0.5) is 20.4 Å². The lowest BCUT2D eigenvalue weighted by Gasteiger charge is -2.30. The molecule has 0 radical (unpaired) electrons. The van der Waals surface area contributed by atoms with Gasteiger partial charge >= 0.3 is 12.6 Å². The van der Waals surface area contributed by atoms with Crippen molar-refractivity contribution in [3.05, 3.63) is 60.4 Å². The first-order chi connectivity index (χ1) is 16.4. The van der Waals surface area contributed by atoms with E-state index in [-0.39, 0.29) is 17.4 Å². The number of carboxylic acids is 1. The molecule has 0 bridgehead atoms. The van der Waals surface area contributed by atoms with Crippen LogP contribution in [0.25, 0.3) is 11.1 Å². The molecule has 0 unspecified atom stereocenters. The highest BCUT2D eigenvalue weighted by molar-refractivity contribution is 5.70. The summed E-state index contributed by atoms with van der Waals surface area (Å²) in [4.78, 5) is 21.8. The third-order valence-corrected chi connectivity index (χ3v) is 5.74. The third kappa shape index (κ3) is 5.96. The van der Waals surface area contributed by atoms with Crippen LogP contribution in [-0.4, -0.2) is 50.8 Å². The summed E-state index contributed by atoms with van der Waals surface area (Å²) < 4.78 is 28.9. The first-order valence-corrected chi connectivity index (χ1v) is 10.8. The monoisotopic (exact) mass is 470 g/mol. The summed E-state index contributed by atoms with van der Waals surface area (Å²) in [5.74, 6) is -0.490. The van der Waals surface area contributed by atoms with Gasteiger partial charge in [-0.25, -0.2) is 9.97 Å². The van der Waals surface area contributed by atoms with Gasteiger partial charge in [0.1, 0.15) is 11.5 Å². The SMILES string of the molecule is O=C(O)C1CCN(Cc2ccc(Nc3ncc(-c4ccc(OC(F)F)cc4)cn3)cc2O)CC1. The second-order valence-electron chi connectivity index (χ2n) is 8.06. The van der Waals surface area contributed by atoms with Gasteiger partial charge in [0.2, 0.25) is 5.95 Å². The number of hydrogen-bond donors (Lipinski definition) is 3. The maximum Gasteiger partial charge on any atom is 0.387 e. The van der Waals surface area contributed by atoms with Gasteiger partial charge in [0, 0.05) is 41.8 Å². The Morgan fingerprint density at radius 3 is 2.35 bits per heavy atom. The molecule has 8 nitrogen and oxygen atoms in total. The fourth-order valence-corrected chi connectivity index (χ4v) is 3.85. The van der Waals surface area contributed by atoms with Crippen molar-refractivity contribution >= 4 is 17.6 Å². The van der Waals surface area contributed by atoms with Gasteiger partial charge in [-0.05, 0) is 49.7 Å². The smallest absolute Gasteiger partial charge is 0.387 e. The van der Waals surface area contributed by atoms with Crippen molar-refractivity contribution in [2.45, 2.75) is 26.0 Å². The van der Waals surface area contributed by atoms with Gasteiger partial charge in [-0.2, -0.15) is 8.78 Å². The van der Waals surface area contributed by atoms with Crippen molar-refractivity contribution in [1.82, 2.24) is 14.9 Å². The van der Waals surface area contributed by atoms with Gasteiger partial charge in [0.05, 0.1) is 5.92 Å². The number of aromatic hydroxyl groups is 1. The molecule has 1 fully saturated rings. The average molecular weight is 470 g/mol. The molecule has 0 amide bonds. The van der Waals surface area contributed by atoms with E-state index in [9.17, 15) is 18.7 Å². The number of hydrogen-bond acceptors (Lipinski definition) is 7. The molecule has 0 aliphatic carbocycles. The van der Waals surface area contributed by atoms with Crippen LogP contribution >= 0.6 is 0 Å². The predicted octanol–water partition coefficient (Wildman–Crippen LogP) is 4.49. The lowest BCUT2D eigenvalue weighted by molar-refractivity contribution is -0.143. The Kier molecular flexibility index (Phi) is 7.17. The third-order valence-electron chi connectivity index (χ3n) is 5.74. The number of phenols is 1. The molecule has 1 aliphatic heterocycles. The van der Waals surface area contributed by atoms with Gasteiger partial charge in [-0.1, -0.05) is 18.2 Å². The van der Waals surface area contributed by atoms with E-state index in [0.29, 0.717) is 49.7 Å². The molecule has 1 aromatic heterocycles. The molecule has 2 heterocycles. The average Bonchev–Trinajstić information content (AvgIpc) is 2.82. The van der Waals surface area contributed by atoms with Crippen LogP contribution < -0.4 is 10.1 Å². The fraction of sp³-hybridized carbons (Fsp3) is 0.292. The highest BCUT2D eigenvalue weighted by Gasteiger charge is 2.24. The van der Waals surface area contributed by atoms with Gasteiger partial charge in [0.15, 0.2) is 0 Å². The number of halogens is 2. The lowest BCUT2D eigenvalue weighted by atomic mass is 9.97. The van der Waals surface area contributed by atoms with Crippen LogP contribution in [0.3, 0.4) is 0 Å². The second kappa shape index (κ2) is 10.4. The molecule has 3 N–H and O–H groups in total. The molecule has 0 spiro atoms. The van der Waals surface area contributed by atoms with Crippen molar-refractivity contribution in [1.29, 1.82) is 0 Å².